The molecule has 0 fully saturated rings. The van der Waals surface area contributed by atoms with Gasteiger partial charge >= 0.3 is 0 Å². The lowest BCUT2D eigenvalue weighted by atomic mass is 9.83. The number of hydrogen-bond acceptors (Lipinski definition) is 3. The fraction of sp³-hybridized carbons (Fsp3) is 0.667. The van der Waals surface area contributed by atoms with Crippen LogP contribution < -0.4 is 10.6 Å². The van der Waals surface area contributed by atoms with Gasteiger partial charge in [0.2, 0.25) is 0 Å². The van der Waals surface area contributed by atoms with Gasteiger partial charge in [0, 0.05) is 18.5 Å². The normalized spacial score (nSPS) is 12.5. The molecule has 1 aromatic rings. The summed E-state index contributed by atoms with van der Waals surface area (Å²) in [5, 5.41) is 16.1. The lowest BCUT2D eigenvalue weighted by Crippen LogP contribution is -2.44. The van der Waals surface area contributed by atoms with E-state index in [4.69, 9.17) is 4.42 Å². The largest absolute Gasteiger partial charge is 0.467 e. The molecule has 5 heteroatoms. The summed E-state index contributed by atoms with van der Waals surface area (Å²) in [6.45, 7) is 8.44. The Morgan fingerprint density at radius 2 is 2.05 bits per heavy atom. The Bertz CT molecular complexity index is 376. The van der Waals surface area contributed by atoms with Crippen LogP contribution in [0.15, 0.2) is 27.8 Å². The molecule has 1 aromatic heterocycles. The molecule has 1 rings (SSSR count). The Morgan fingerprint density at radius 3 is 2.55 bits per heavy atom. The van der Waals surface area contributed by atoms with Gasteiger partial charge in [-0.05, 0) is 31.9 Å². The van der Waals surface area contributed by atoms with Gasteiger partial charge in [-0.2, -0.15) is 0 Å². The van der Waals surface area contributed by atoms with Crippen LogP contribution in [0.2, 0.25) is 0 Å². The number of hydrogen-bond donors (Lipinski definition) is 3. The molecule has 0 amide bonds. The number of nitrogens with zero attached hydrogens (tertiary/aromatic N) is 1. The van der Waals surface area contributed by atoms with Crippen molar-refractivity contribution >= 4 is 5.96 Å². The molecule has 3 N–H and O–H groups in total. The van der Waals surface area contributed by atoms with Crippen molar-refractivity contribution in [1.82, 2.24) is 10.6 Å². The van der Waals surface area contributed by atoms with Crippen LogP contribution in [0.1, 0.15) is 39.4 Å². The van der Waals surface area contributed by atoms with Crippen molar-refractivity contribution in [2.24, 2.45) is 10.4 Å². The average Bonchev–Trinajstić information content (AvgIpc) is 3.00. The van der Waals surface area contributed by atoms with Gasteiger partial charge in [-0.25, -0.2) is 4.99 Å². The van der Waals surface area contributed by atoms with Gasteiger partial charge in [-0.1, -0.05) is 13.8 Å². The molecule has 0 saturated carbocycles. The van der Waals surface area contributed by atoms with Gasteiger partial charge in [-0.3, -0.25) is 0 Å². The lowest BCUT2D eigenvalue weighted by molar-refractivity contribution is 0.118. The van der Waals surface area contributed by atoms with E-state index in [-0.39, 0.29) is 12.0 Å². The molecule has 0 aliphatic heterocycles. The molecule has 0 unspecified atom stereocenters. The average molecular weight is 281 g/mol. The van der Waals surface area contributed by atoms with Crippen LogP contribution >= 0.6 is 0 Å². The van der Waals surface area contributed by atoms with Crippen molar-refractivity contribution in [1.29, 1.82) is 0 Å². The Balaban J connectivity index is 2.60. The standard InChI is InChI=1S/C15H27N3O2/c1-4-15(5-2,12-19)11-18-14(16-6-3)17-10-13-8-7-9-20-13/h7-9,19H,4-6,10-12H2,1-3H3,(H2,16,17,18). The molecule has 0 aliphatic carbocycles. The van der Waals surface area contributed by atoms with E-state index in [0.717, 1.165) is 31.1 Å². The van der Waals surface area contributed by atoms with Gasteiger partial charge in [-0.15, -0.1) is 0 Å². The Morgan fingerprint density at radius 1 is 1.30 bits per heavy atom. The van der Waals surface area contributed by atoms with E-state index in [1.807, 2.05) is 19.1 Å². The van der Waals surface area contributed by atoms with Crippen molar-refractivity contribution in [3.05, 3.63) is 24.2 Å². The van der Waals surface area contributed by atoms with Crippen LogP contribution in [0.3, 0.4) is 0 Å². The van der Waals surface area contributed by atoms with E-state index in [0.29, 0.717) is 13.1 Å². The first-order valence-electron chi connectivity index (χ1n) is 7.35. The zero-order chi connectivity index (χ0) is 14.8. The number of furan rings is 1. The Kier molecular flexibility index (Phi) is 7.15. The number of aliphatic imine (C=N–C) groups is 1. The van der Waals surface area contributed by atoms with E-state index in [1.54, 1.807) is 6.26 Å². The molecule has 0 aromatic carbocycles. The molecule has 0 saturated heterocycles. The molecule has 0 atom stereocenters. The number of aliphatic hydroxyl groups excluding tert-OH is 1. The third-order valence-corrected chi connectivity index (χ3v) is 3.78. The molecular weight excluding hydrogens is 254 g/mol. The predicted octanol–water partition coefficient (Wildman–Crippen LogP) is 2.13. The molecular formula is C15H27N3O2. The summed E-state index contributed by atoms with van der Waals surface area (Å²) in [7, 11) is 0. The summed E-state index contributed by atoms with van der Waals surface area (Å²) >= 11 is 0. The number of guanidine groups is 1. The van der Waals surface area contributed by atoms with E-state index >= 15 is 0 Å². The van der Waals surface area contributed by atoms with Gasteiger partial charge < -0.3 is 20.2 Å². The predicted molar refractivity (Wildman–Crippen MR) is 81.6 cm³/mol. The summed E-state index contributed by atoms with van der Waals surface area (Å²) in [6, 6.07) is 3.76. The molecule has 0 spiro atoms. The fourth-order valence-electron chi connectivity index (χ4n) is 1.95. The highest BCUT2D eigenvalue weighted by Gasteiger charge is 2.25. The quantitative estimate of drug-likeness (QED) is 0.504. The van der Waals surface area contributed by atoms with Gasteiger partial charge in [0.15, 0.2) is 5.96 Å². The second kappa shape index (κ2) is 8.64. The minimum absolute atomic E-state index is 0.0825. The Labute approximate surface area is 121 Å². The third kappa shape index (κ3) is 4.89. The maximum absolute atomic E-state index is 9.58. The van der Waals surface area contributed by atoms with Crippen molar-refractivity contribution in [2.75, 3.05) is 19.7 Å². The molecule has 0 radical (unpaired) electrons. The van der Waals surface area contributed by atoms with Crippen molar-refractivity contribution in [3.8, 4) is 0 Å². The van der Waals surface area contributed by atoms with Crippen LogP contribution in [0.25, 0.3) is 0 Å². The SMILES string of the molecule is CCNC(=NCc1ccco1)NCC(CC)(CC)CO. The van der Waals surface area contributed by atoms with E-state index in [2.05, 4.69) is 29.5 Å². The number of rotatable bonds is 8. The minimum atomic E-state index is -0.0825. The van der Waals surface area contributed by atoms with Gasteiger partial charge in [0.25, 0.3) is 0 Å². The first-order chi connectivity index (χ1) is 9.69. The maximum atomic E-state index is 9.58. The summed E-state index contributed by atoms with van der Waals surface area (Å²) in [5.74, 6) is 1.59. The van der Waals surface area contributed by atoms with E-state index < -0.39 is 0 Å². The number of nitrogens with one attached hydrogen (secondary N) is 2. The van der Waals surface area contributed by atoms with Crippen molar-refractivity contribution in [3.63, 3.8) is 0 Å². The van der Waals surface area contributed by atoms with Crippen molar-refractivity contribution in [2.45, 2.75) is 40.2 Å². The smallest absolute Gasteiger partial charge is 0.191 e. The zero-order valence-corrected chi connectivity index (χ0v) is 12.8. The first-order valence-corrected chi connectivity index (χ1v) is 7.35. The highest BCUT2D eigenvalue weighted by molar-refractivity contribution is 5.79. The second-order valence-electron chi connectivity index (χ2n) is 4.99. The van der Waals surface area contributed by atoms with E-state index in [1.165, 1.54) is 0 Å². The topological polar surface area (TPSA) is 69.8 Å². The highest BCUT2D eigenvalue weighted by Crippen LogP contribution is 2.24. The maximum Gasteiger partial charge on any atom is 0.191 e. The molecule has 1 heterocycles. The van der Waals surface area contributed by atoms with Crippen LogP contribution in [0, 0.1) is 5.41 Å². The van der Waals surface area contributed by atoms with Gasteiger partial charge in [0.05, 0.1) is 12.9 Å². The molecule has 0 bridgehead atoms. The van der Waals surface area contributed by atoms with Crippen LogP contribution in [0.5, 0.6) is 0 Å². The molecule has 114 valence electrons. The summed E-state index contributed by atoms with van der Waals surface area (Å²) < 4.78 is 5.27. The molecule has 0 aliphatic rings. The summed E-state index contributed by atoms with van der Waals surface area (Å²) in [4.78, 5) is 4.48. The summed E-state index contributed by atoms with van der Waals surface area (Å²) in [6.07, 6.45) is 3.52. The zero-order valence-electron chi connectivity index (χ0n) is 12.8. The molecule has 5 nitrogen and oxygen atoms in total. The van der Waals surface area contributed by atoms with Crippen LogP contribution in [-0.4, -0.2) is 30.8 Å². The first kappa shape index (κ1) is 16.6. The Hall–Kier alpha value is -1.49. The third-order valence-electron chi connectivity index (χ3n) is 3.78. The molecule has 20 heavy (non-hydrogen) atoms. The van der Waals surface area contributed by atoms with E-state index in [9.17, 15) is 5.11 Å². The highest BCUT2D eigenvalue weighted by atomic mass is 16.3. The van der Waals surface area contributed by atoms with Crippen LogP contribution in [0.4, 0.5) is 0 Å². The van der Waals surface area contributed by atoms with Crippen LogP contribution in [-0.2, 0) is 6.54 Å². The monoisotopic (exact) mass is 281 g/mol. The van der Waals surface area contributed by atoms with Crippen molar-refractivity contribution < 1.29 is 9.52 Å². The number of aliphatic hydroxyl groups is 1. The van der Waals surface area contributed by atoms with Gasteiger partial charge in [0.1, 0.15) is 12.3 Å². The minimum Gasteiger partial charge on any atom is -0.467 e. The lowest BCUT2D eigenvalue weighted by Gasteiger charge is -2.30. The fourth-order valence-corrected chi connectivity index (χ4v) is 1.95. The summed E-state index contributed by atoms with van der Waals surface area (Å²) in [5.41, 5.74) is -0.0825. The second-order valence-corrected chi connectivity index (χ2v) is 4.99.